The van der Waals surface area contributed by atoms with E-state index in [0.29, 0.717) is 0 Å². The van der Waals surface area contributed by atoms with Crippen LogP contribution in [0.15, 0.2) is 36.7 Å². The average Bonchev–Trinajstić information content (AvgIpc) is 2.66. The summed E-state index contributed by atoms with van der Waals surface area (Å²) in [6.07, 6.45) is 3.73. The molecule has 72 valence electrons. The molecular formula is C10H10IN3. The lowest BCUT2D eigenvalue weighted by atomic mass is 10.3. The normalized spacial score (nSPS) is 10.1. The van der Waals surface area contributed by atoms with E-state index in [-0.39, 0.29) is 0 Å². The minimum Gasteiger partial charge on any atom is -0.358 e. The lowest BCUT2D eigenvalue weighted by Crippen LogP contribution is -2.01. The second-order valence-corrected chi connectivity index (χ2v) is 3.98. The van der Waals surface area contributed by atoms with Crippen LogP contribution in [0.3, 0.4) is 0 Å². The molecule has 4 heteroatoms. The largest absolute Gasteiger partial charge is 0.358 e. The van der Waals surface area contributed by atoms with E-state index in [9.17, 15) is 0 Å². The van der Waals surface area contributed by atoms with Crippen molar-refractivity contribution in [3.05, 3.63) is 40.2 Å². The molecule has 0 radical (unpaired) electrons. The zero-order valence-corrected chi connectivity index (χ0v) is 9.89. The molecule has 0 saturated heterocycles. The van der Waals surface area contributed by atoms with Gasteiger partial charge in [0.25, 0.3) is 0 Å². The Morgan fingerprint density at radius 3 is 2.86 bits per heavy atom. The number of nitrogens with one attached hydrogen (secondary N) is 1. The molecule has 0 aliphatic carbocycles. The second kappa shape index (κ2) is 4.00. The molecule has 3 nitrogen and oxygen atoms in total. The molecule has 1 heterocycles. The number of benzene rings is 1. The van der Waals surface area contributed by atoms with E-state index >= 15 is 0 Å². The van der Waals surface area contributed by atoms with E-state index in [1.165, 1.54) is 3.57 Å². The monoisotopic (exact) mass is 299 g/mol. The van der Waals surface area contributed by atoms with Gasteiger partial charge in [-0.2, -0.15) is 0 Å². The Kier molecular flexibility index (Phi) is 2.72. The van der Waals surface area contributed by atoms with Gasteiger partial charge < -0.3 is 5.32 Å². The van der Waals surface area contributed by atoms with E-state index in [4.69, 9.17) is 0 Å². The highest BCUT2D eigenvalue weighted by Crippen LogP contribution is 2.19. The van der Waals surface area contributed by atoms with E-state index in [1.54, 1.807) is 6.20 Å². The third-order valence-corrected chi connectivity index (χ3v) is 2.89. The number of halogens is 1. The molecule has 0 atom stereocenters. The number of nitrogens with zero attached hydrogens (tertiary/aromatic N) is 2. The fraction of sp³-hybridized carbons (Fsp3) is 0.100. The molecule has 0 saturated carbocycles. The summed E-state index contributed by atoms with van der Waals surface area (Å²) in [5, 5.41) is 3.05. The predicted octanol–water partition coefficient (Wildman–Crippen LogP) is 2.52. The smallest absolute Gasteiger partial charge is 0.207 e. The van der Waals surface area contributed by atoms with Gasteiger partial charge in [-0.25, -0.2) is 4.98 Å². The van der Waals surface area contributed by atoms with Crippen LogP contribution in [0, 0.1) is 3.57 Å². The maximum atomic E-state index is 4.20. The van der Waals surface area contributed by atoms with Crippen LogP contribution in [0.25, 0.3) is 5.69 Å². The molecule has 0 unspecified atom stereocenters. The predicted molar refractivity (Wildman–Crippen MR) is 65.8 cm³/mol. The van der Waals surface area contributed by atoms with E-state index in [2.05, 4.69) is 45.0 Å². The van der Waals surface area contributed by atoms with Gasteiger partial charge in [0.1, 0.15) is 0 Å². The molecule has 0 amide bonds. The average molecular weight is 299 g/mol. The van der Waals surface area contributed by atoms with Gasteiger partial charge >= 0.3 is 0 Å². The van der Waals surface area contributed by atoms with Gasteiger partial charge in [0, 0.05) is 23.0 Å². The Hall–Kier alpha value is -1.04. The molecule has 1 aromatic carbocycles. The Balaban J connectivity index is 2.54. The summed E-state index contributed by atoms with van der Waals surface area (Å²) in [6.45, 7) is 0. The lowest BCUT2D eigenvalue weighted by Gasteiger charge is -2.08. The molecule has 0 fully saturated rings. The quantitative estimate of drug-likeness (QED) is 0.864. The van der Waals surface area contributed by atoms with Gasteiger partial charge in [-0.3, -0.25) is 4.57 Å². The van der Waals surface area contributed by atoms with Crippen molar-refractivity contribution in [2.45, 2.75) is 0 Å². The van der Waals surface area contributed by atoms with Crippen LogP contribution in [-0.2, 0) is 0 Å². The van der Waals surface area contributed by atoms with Crippen LogP contribution in [0.2, 0.25) is 0 Å². The minimum absolute atomic E-state index is 0.856. The maximum absolute atomic E-state index is 4.20. The number of hydrogen-bond donors (Lipinski definition) is 1. The first-order valence-corrected chi connectivity index (χ1v) is 5.37. The van der Waals surface area contributed by atoms with Crippen LogP contribution in [0.4, 0.5) is 5.95 Å². The summed E-state index contributed by atoms with van der Waals surface area (Å²) in [7, 11) is 1.87. The number of rotatable bonds is 2. The van der Waals surface area contributed by atoms with Crippen molar-refractivity contribution in [2.75, 3.05) is 12.4 Å². The molecule has 0 aliphatic heterocycles. The first-order valence-electron chi connectivity index (χ1n) is 4.29. The molecule has 0 spiro atoms. The van der Waals surface area contributed by atoms with E-state index in [0.717, 1.165) is 11.6 Å². The van der Waals surface area contributed by atoms with Crippen LogP contribution in [-0.4, -0.2) is 16.6 Å². The fourth-order valence-corrected chi connectivity index (χ4v) is 1.98. The van der Waals surface area contributed by atoms with E-state index < -0.39 is 0 Å². The van der Waals surface area contributed by atoms with Crippen molar-refractivity contribution >= 4 is 28.5 Å². The van der Waals surface area contributed by atoms with Gasteiger partial charge in [0.15, 0.2) is 0 Å². The third kappa shape index (κ3) is 1.61. The Morgan fingerprint density at radius 1 is 1.36 bits per heavy atom. The molecule has 2 aromatic rings. The number of anilines is 1. The second-order valence-electron chi connectivity index (χ2n) is 2.82. The summed E-state index contributed by atoms with van der Waals surface area (Å²) in [4.78, 5) is 4.20. The van der Waals surface area contributed by atoms with E-state index in [1.807, 2.05) is 29.9 Å². The SMILES string of the molecule is CNc1nccn1-c1ccccc1I. The Bertz CT molecular complexity index is 436. The van der Waals surface area contributed by atoms with Crippen LogP contribution >= 0.6 is 22.6 Å². The Morgan fingerprint density at radius 2 is 2.14 bits per heavy atom. The lowest BCUT2D eigenvalue weighted by molar-refractivity contribution is 1.05. The van der Waals surface area contributed by atoms with Crippen molar-refractivity contribution in [2.24, 2.45) is 0 Å². The maximum Gasteiger partial charge on any atom is 0.207 e. The summed E-state index contributed by atoms with van der Waals surface area (Å²) in [5.74, 6) is 0.856. The molecule has 0 bridgehead atoms. The number of para-hydroxylation sites is 1. The van der Waals surface area contributed by atoms with Crippen molar-refractivity contribution < 1.29 is 0 Å². The first-order chi connectivity index (χ1) is 6.83. The molecule has 0 aliphatic rings. The number of hydrogen-bond acceptors (Lipinski definition) is 2. The third-order valence-electron chi connectivity index (χ3n) is 1.98. The highest BCUT2D eigenvalue weighted by molar-refractivity contribution is 14.1. The summed E-state index contributed by atoms with van der Waals surface area (Å²) in [6, 6.07) is 8.21. The van der Waals surface area contributed by atoms with Gasteiger partial charge in [0.2, 0.25) is 5.95 Å². The van der Waals surface area contributed by atoms with Crippen LogP contribution in [0.5, 0.6) is 0 Å². The number of imidazole rings is 1. The molecular weight excluding hydrogens is 289 g/mol. The van der Waals surface area contributed by atoms with Crippen molar-refractivity contribution in [1.82, 2.24) is 9.55 Å². The van der Waals surface area contributed by atoms with Crippen molar-refractivity contribution in [3.63, 3.8) is 0 Å². The van der Waals surface area contributed by atoms with Gasteiger partial charge in [-0.05, 0) is 34.7 Å². The van der Waals surface area contributed by atoms with Crippen molar-refractivity contribution in [3.8, 4) is 5.69 Å². The van der Waals surface area contributed by atoms with Gasteiger partial charge in [0.05, 0.1) is 5.69 Å². The molecule has 1 N–H and O–H groups in total. The van der Waals surface area contributed by atoms with Crippen molar-refractivity contribution in [1.29, 1.82) is 0 Å². The highest BCUT2D eigenvalue weighted by atomic mass is 127. The summed E-state index contributed by atoms with van der Waals surface area (Å²) < 4.78 is 3.24. The van der Waals surface area contributed by atoms with Gasteiger partial charge in [-0.1, -0.05) is 12.1 Å². The Labute approximate surface area is 96.3 Å². The minimum atomic E-state index is 0.856. The number of aromatic nitrogens is 2. The molecule has 1 aromatic heterocycles. The van der Waals surface area contributed by atoms with Crippen LogP contribution < -0.4 is 5.32 Å². The van der Waals surface area contributed by atoms with Gasteiger partial charge in [-0.15, -0.1) is 0 Å². The fourth-order valence-electron chi connectivity index (χ4n) is 1.33. The zero-order chi connectivity index (χ0) is 9.97. The summed E-state index contributed by atoms with van der Waals surface area (Å²) >= 11 is 2.32. The standard InChI is InChI=1S/C10H10IN3/c1-12-10-13-6-7-14(10)9-5-3-2-4-8(9)11/h2-7H,1H3,(H,12,13). The summed E-state index contributed by atoms with van der Waals surface area (Å²) in [5.41, 5.74) is 1.15. The highest BCUT2D eigenvalue weighted by Gasteiger charge is 2.04. The first kappa shape index (κ1) is 9.51. The molecule has 2 rings (SSSR count). The van der Waals surface area contributed by atoms with Crippen LogP contribution in [0.1, 0.15) is 0 Å². The zero-order valence-electron chi connectivity index (χ0n) is 7.74. The topological polar surface area (TPSA) is 29.9 Å². The molecule has 14 heavy (non-hydrogen) atoms.